The van der Waals surface area contributed by atoms with Gasteiger partial charge in [-0.3, -0.25) is 9.59 Å². The van der Waals surface area contributed by atoms with Crippen LogP contribution in [0.2, 0.25) is 0 Å². The first-order valence-electron chi connectivity index (χ1n) is 9.24. The number of nitrogens with one attached hydrogen (secondary N) is 1. The molecule has 0 radical (unpaired) electrons. The number of fused-ring (bicyclic) bond motifs is 2. The third kappa shape index (κ3) is 2.84. The predicted octanol–water partition coefficient (Wildman–Crippen LogP) is 3.06. The molecule has 0 aromatic heterocycles. The summed E-state index contributed by atoms with van der Waals surface area (Å²) in [5.74, 6) is -0.665. The van der Waals surface area contributed by atoms with Crippen LogP contribution in [0.3, 0.4) is 0 Å². The molecule has 1 aromatic rings. The summed E-state index contributed by atoms with van der Waals surface area (Å²) in [5, 5.41) is 12.7. The number of carbonyl (C=O) groups excluding carboxylic acids is 1. The van der Waals surface area contributed by atoms with Gasteiger partial charge in [-0.1, -0.05) is 30.3 Å². The van der Waals surface area contributed by atoms with Crippen molar-refractivity contribution in [3.8, 4) is 0 Å². The molecule has 2 saturated carbocycles. The molecule has 2 aliphatic carbocycles. The van der Waals surface area contributed by atoms with E-state index in [1.807, 2.05) is 18.2 Å². The Bertz CT molecular complexity index is 664. The Balaban J connectivity index is 1.41. The monoisotopic (exact) mass is 343 g/mol. The number of carboxylic acid groups (broad SMARTS) is 1. The first-order chi connectivity index (χ1) is 12.0. The Morgan fingerprint density at radius 3 is 2.40 bits per heavy atom. The van der Waals surface area contributed by atoms with Crippen molar-refractivity contribution >= 4 is 11.9 Å². The lowest BCUT2D eigenvalue weighted by Gasteiger charge is -2.33. The Kier molecular flexibility index (Phi) is 4.07. The molecule has 2 N–H and O–H groups in total. The summed E-state index contributed by atoms with van der Waals surface area (Å²) in [7, 11) is 0. The molecule has 1 saturated heterocycles. The van der Waals surface area contributed by atoms with Gasteiger partial charge in [0.05, 0.1) is 16.9 Å². The van der Waals surface area contributed by atoms with Crippen LogP contribution in [0.1, 0.15) is 56.6 Å². The topological polar surface area (TPSA) is 75.6 Å². The second kappa shape index (κ2) is 6.13. The number of carboxylic acids is 1. The average Bonchev–Trinajstić information content (AvgIpc) is 3.22. The third-order valence-corrected chi connectivity index (χ3v) is 6.57. The summed E-state index contributed by atoms with van der Waals surface area (Å²) < 4.78 is 5.88. The van der Waals surface area contributed by atoms with E-state index in [9.17, 15) is 14.7 Å². The van der Waals surface area contributed by atoms with E-state index >= 15 is 0 Å². The van der Waals surface area contributed by atoms with E-state index in [4.69, 9.17) is 4.74 Å². The highest BCUT2D eigenvalue weighted by Gasteiger charge is 2.61. The molecule has 134 valence electrons. The summed E-state index contributed by atoms with van der Waals surface area (Å²) in [6.07, 6.45) is 4.79. The SMILES string of the molecule is O=C(O)C12CCC(C(=O)NC3CCOC(c4ccccc4)C3)(CC1)C2. The zero-order valence-corrected chi connectivity index (χ0v) is 14.4. The quantitative estimate of drug-likeness (QED) is 0.881. The maximum atomic E-state index is 13.0. The van der Waals surface area contributed by atoms with Crippen molar-refractivity contribution in [2.24, 2.45) is 10.8 Å². The Morgan fingerprint density at radius 2 is 1.76 bits per heavy atom. The van der Waals surface area contributed by atoms with E-state index in [0.29, 0.717) is 38.7 Å². The van der Waals surface area contributed by atoms with Crippen molar-refractivity contribution in [1.82, 2.24) is 5.32 Å². The molecule has 25 heavy (non-hydrogen) atoms. The van der Waals surface area contributed by atoms with Crippen molar-refractivity contribution < 1.29 is 19.4 Å². The van der Waals surface area contributed by atoms with E-state index in [0.717, 1.165) is 18.4 Å². The molecule has 1 heterocycles. The number of hydrogen-bond acceptors (Lipinski definition) is 3. The molecular formula is C20H25NO4. The number of carbonyl (C=O) groups is 2. The van der Waals surface area contributed by atoms with Crippen LogP contribution >= 0.6 is 0 Å². The van der Waals surface area contributed by atoms with Crippen LogP contribution in [-0.2, 0) is 14.3 Å². The lowest BCUT2D eigenvalue weighted by atomic mass is 9.81. The van der Waals surface area contributed by atoms with Crippen molar-refractivity contribution in [3.05, 3.63) is 35.9 Å². The van der Waals surface area contributed by atoms with Crippen molar-refractivity contribution in [1.29, 1.82) is 0 Å². The fourth-order valence-electron chi connectivity index (χ4n) is 4.97. The van der Waals surface area contributed by atoms with Crippen LogP contribution in [0.15, 0.2) is 30.3 Å². The van der Waals surface area contributed by atoms with Gasteiger partial charge in [-0.15, -0.1) is 0 Å². The standard InChI is InChI=1S/C20H25NO4/c22-17(19-7-9-20(13-19,10-8-19)18(23)24)21-15-6-11-25-16(12-15)14-4-2-1-3-5-14/h1-5,15-16H,6-13H2,(H,21,22)(H,23,24). The molecule has 5 heteroatoms. The second-order valence-corrected chi connectivity index (χ2v) is 8.01. The van der Waals surface area contributed by atoms with Gasteiger partial charge in [0, 0.05) is 12.6 Å². The Morgan fingerprint density at radius 1 is 1.08 bits per heavy atom. The lowest BCUT2D eigenvalue weighted by Crippen LogP contribution is -2.46. The smallest absolute Gasteiger partial charge is 0.309 e. The lowest BCUT2D eigenvalue weighted by molar-refractivity contribution is -0.148. The van der Waals surface area contributed by atoms with E-state index < -0.39 is 16.8 Å². The third-order valence-electron chi connectivity index (χ3n) is 6.57. The largest absolute Gasteiger partial charge is 0.481 e. The van der Waals surface area contributed by atoms with Crippen LogP contribution < -0.4 is 5.32 Å². The molecule has 1 aliphatic heterocycles. The molecule has 4 rings (SSSR count). The molecule has 1 aromatic carbocycles. The summed E-state index contributed by atoms with van der Waals surface area (Å²) >= 11 is 0. The summed E-state index contributed by atoms with van der Waals surface area (Å²) in [5.41, 5.74) is 0.0321. The molecule has 2 unspecified atom stereocenters. The van der Waals surface area contributed by atoms with E-state index in [2.05, 4.69) is 17.4 Å². The molecule has 1 amide bonds. The van der Waals surface area contributed by atoms with Crippen LogP contribution in [0.25, 0.3) is 0 Å². The van der Waals surface area contributed by atoms with Gasteiger partial charge in [-0.2, -0.15) is 0 Å². The van der Waals surface area contributed by atoms with Gasteiger partial charge in [0.2, 0.25) is 5.91 Å². The summed E-state index contributed by atoms with van der Waals surface area (Å²) in [6, 6.07) is 10.2. The maximum Gasteiger partial charge on any atom is 0.309 e. The van der Waals surface area contributed by atoms with Gasteiger partial charge < -0.3 is 15.2 Å². The number of ether oxygens (including phenoxy) is 1. The Labute approximate surface area is 147 Å². The van der Waals surface area contributed by atoms with Crippen LogP contribution in [-0.4, -0.2) is 29.6 Å². The second-order valence-electron chi connectivity index (χ2n) is 8.01. The normalized spacial score (nSPS) is 37.0. The van der Waals surface area contributed by atoms with Gasteiger partial charge in [0.25, 0.3) is 0 Å². The number of hydrogen-bond donors (Lipinski definition) is 2. The van der Waals surface area contributed by atoms with Gasteiger partial charge >= 0.3 is 5.97 Å². The number of amides is 1. The number of rotatable bonds is 4. The molecule has 2 atom stereocenters. The Hall–Kier alpha value is -1.88. The molecule has 5 nitrogen and oxygen atoms in total. The van der Waals surface area contributed by atoms with Gasteiger partial charge in [0.15, 0.2) is 0 Å². The van der Waals surface area contributed by atoms with Crippen molar-refractivity contribution in [2.75, 3.05) is 6.61 Å². The zero-order chi connectivity index (χ0) is 17.5. The highest BCUT2D eigenvalue weighted by Crippen LogP contribution is 2.61. The zero-order valence-electron chi connectivity index (χ0n) is 14.4. The van der Waals surface area contributed by atoms with E-state index in [-0.39, 0.29) is 18.1 Å². The van der Waals surface area contributed by atoms with Gasteiger partial charge in [-0.05, 0) is 50.5 Å². The first kappa shape index (κ1) is 16.6. The molecule has 0 spiro atoms. The maximum absolute atomic E-state index is 13.0. The number of benzene rings is 1. The van der Waals surface area contributed by atoms with Crippen molar-refractivity contribution in [3.63, 3.8) is 0 Å². The minimum Gasteiger partial charge on any atom is -0.481 e. The van der Waals surface area contributed by atoms with Gasteiger partial charge in [0.1, 0.15) is 0 Å². The highest BCUT2D eigenvalue weighted by atomic mass is 16.5. The molecular weight excluding hydrogens is 318 g/mol. The molecule has 3 fully saturated rings. The van der Waals surface area contributed by atoms with Crippen LogP contribution in [0.4, 0.5) is 0 Å². The fraction of sp³-hybridized carbons (Fsp3) is 0.600. The fourth-order valence-corrected chi connectivity index (χ4v) is 4.97. The van der Waals surface area contributed by atoms with Gasteiger partial charge in [-0.25, -0.2) is 0 Å². The number of aliphatic carboxylic acids is 1. The summed E-state index contributed by atoms with van der Waals surface area (Å²) in [6.45, 7) is 0.635. The minimum atomic E-state index is -0.727. The highest BCUT2D eigenvalue weighted by molar-refractivity contribution is 5.87. The minimum absolute atomic E-state index is 0.0167. The summed E-state index contributed by atoms with van der Waals surface area (Å²) in [4.78, 5) is 24.5. The first-order valence-corrected chi connectivity index (χ1v) is 9.24. The molecule has 2 bridgehead atoms. The van der Waals surface area contributed by atoms with E-state index in [1.165, 1.54) is 0 Å². The van der Waals surface area contributed by atoms with Crippen LogP contribution in [0.5, 0.6) is 0 Å². The van der Waals surface area contributed by atoms with Crippen LogP contribution in [0, 0.1) is 10.8 Å². The predicted molar refractivity (Wildman–Crippen MR) is 91.9 cm³/mol. The van der Waals surface area contributed by atoms with E-state index in [1.54, 1.807) is 0 Å². The average molecular weight is 343 g/mol. The van der Waals surface area contributed by atoms with Crippen molar-refractivity contribution in [2.45, 2.75) is 57.1 Å². The molecule has 3 aliphatic rings.